The number of ether oxygens (including phenoxy) is 1. The molecule has 0 rings (SSSR count). The summed E-state index contributed by atoms with van der Waals surface area (Å²) in [7, 11) is 0. The minimum atomic E-state index is -0.244. The van der Waals surface area contributed by atoms with Crippen LogP contribution in [-0.2, 0) is 4.74 Å². The predicted octanol–water partition coefficient (Wildman–Crippen LogP) is 1.88. The Kier molecular flexibility index (Phi) is 4.73. The topological polar surface area (TPSA) is 35.2 Å². The molecule has 0 aromatic heterocycles. The monoisotopic (exact) mass is 177 g/mol. The number of hydrogen-bond acceptors (Lipinski definition) is 2. The number of halogens is 1. The largest absolute Gasteiger partial charge is 0.374 e. The normalized spacial score (nSPS) is 16.0. The average Bonchev–Trinajstić information content (AvgIpc) is 1.87. The van der Waals surface area contributed by atoms with E-state index in [0.717, 1.165) is 6.42 Å². The van der Waals surface area contributed by atoms with Crippen molar-refractivity contribution in [3.05, 3.63) is 11.6 Å². The third-order valence-electron chi connectivity index (χ3n) is 1.50. The van der Waals surface area contributed by atoms with Gasteiger partial charge in [-0.3, -0.25) is 0 Å². The molecule has 0 radical (unpaired) electrons. The lowest BCUT2D eigenvalue weighted by molar-refractivity contribution is 0.109. The summed E-state index contributed by atoms with van der Waals surface area (Å²) in [4.78, 5) is 0. The van der Waals surface area contributed by atoms with Gasteiger partial charge in [-0.1, -0.05) is 25.1 Å². The van der Waals surface area contributed by atoms with Crippen LogP contribution in [0, 0.1) is 0 Å². The molecule has 0 amide bonds. The Hall–Kier alpha value is -0.0500. The van der Waals surface area contributed by atoms with Gasteiger partial charge in [0, 0.05) is 10.6 Å². The van der Waals surface area contributed by atoms with E-state index in [0.29, 0.717) is 18.2 Å². The summed E-state index contributed by atoms with van der Waals surface area (Å²) < 4.78 is 5.19. The Balaban J connectivity index is 3.45. The second-order valence-electron chi connectivity index (χ2n) is 3.02. The van der Waals surface area contributed by atoms with Crippen molar-refractivity contribution >= 4 is 11.6 Å². The molecule has 1 atom stereocenters. The summed E-state index contributed by atoms with van der Waals surface area (Å²) in [5.41, 5.74) is 5.56. The minimum Gasteiger partial charge on any atom is -0.374 e. The Bertz CT molecular complexity index is 134. The molecule has 1 unspecified atom stereocenters. The Morgan fingerprint density at radius 2 is 2.27 bits per heavy atom. The predicted molar refractivity (Wildman–Crippen MR) is 48.7 cm³/mol. The van der Waals surface area contributed by atoms with E-state index in [1.54, 1.807) is 0 Å². The third kappa shape index (κ3) is 6.35. The van der Waals surface area contributed by atoms with Gasteiger partial charge in [0.15, 0.2) is 0 Å². The van der Waals surface area contributed by atoms with Crippen molar-refractivity contribution in [1.82, 2.24) is 0 Å². The molecule has 0 bridgehead atoms. The smallest absolute Gasteiger partial charge is 0.0817 e. The Labute approximate surface area is 73.4 Å². The fraction of sp³-hybridized carbons (Fsp3) is 0.750. The van der Waals surface area contributed by atoms with Gasteiger partial charge in [0.05, 0.1) is 13.2 Å². The van der Waals surface area contributed by atoms with Crippen LogP contribution in [0.4, 0.5) is 0 Å². The molecule has 0 saturated heterocycles. The maximum atomic E-state index is 5.80. The Morgan fingerprint density at radius 3 is 2.64 bits per heavy atom. The van der Waals surface area contributed by atoms with Crippen molar-refractivity contribution in [2.24, 2.45) is 5.73 Å². The second kappa shape index (κ2) is 4.75. The van der Waals surface area contributed by atoms with Gasteiger partial charge in [0.1, 0.15) is 0 Å². The van der Waals surface area contributed by atoms with Crippen molar-refractivity contribution < 1.29 is 4.74 Å². The van der Waals surface area contributed by atoms with Gasteiger partial charge in [-0.05, 0) is 13.3 Å². The molecule has 0 saturated carbocycles. The fourth-order valence-electron chi connectivity index (χ4n) is 0.497. The van der Waals surface area contributed by atoms with E-state index in [4.69, 9.17) is 22.1 Å². The van der Waals surface area contributed by atoms with E-state index in [-0.39, 0.29) is 5.54 Å². The zero-order valence-electron chi connectivity index (χ0n) is 7.19. The van der Waals surface area contributed by atoms with Gasteiger partial charge < -0.3 is 10.5 Å². The first kappa shape index (κ1) is 11.0. The summed E-state index contributed by atoms with van der Waals surface area (Å²) in [6, 6.07) is 0. The fourth-order valence-corrected chi connectivity index (χ4v) is 0.574. The maximum absolute atomic E-state index is 5.80. The number of hydrogen-bond donors (Lipinski definition) is 1. The van der Waals surface area contributed by atoms with Crippen LogP contribution in [0.3, 0.4) is 0 Å². The maximum Gasteiger partial charge on any atom is 0.0817 e. The van der Waals surface area contributed by atoms with Gasteiger partial charge in [-0.15, -0.1) is 0 Å². The highest BCUT2D eigenvalue weighted by atomic mass is 35.5. The lowest BCUT2D eigenvalue weighted by atomic mass is 10.0. The molecule has 11 heavy (non-hydrogen) atoms. The highest BCUT2D eigenvalue weighted by Gasteiger charge is 2.15. The molecule has 2 N–H and O–H groups in total. The standard InChI is InChI=1S/C8H16ClNO/c1-4-8(3,10)6-11-5-7(2)9/h2,4-6,10H2,1,3H3. The van der Waals surface area contributed by atoms with Gasteiger partial charge in [0.2, 0.25) is 0 Å². The molecule has 0 aromatic rings. The first-order valence-corrected chi connectivity index (χ1v) is 4.05. The third-order valence-corrected chi connectivity index (χ3v) is 1.61. The van der Waals surface area contributed by atoms with E-state index < -0.39 is 0 Å². The van der Waals surface area contributed by atoms with Gasteiger partial charge >= 0.3 is 0 Å². The van der Waals surface area contributed by atoms with Crippen LogP contribution in [0.1, 0.15) is 20.3 Å². The van der Waals surface area contributed by atoms with Crippen LogP contribution in [0.5, 0.6) is 0 Å². The van der Waals surface area contributed by atoms with Gasteiger partial charge in [-0.25, -0.2) is 0 Å². The van der Waals surface area contributed by atoms with Crippen molar-refractivity contribution in [2.75, 3.05) is 13.2 Å². The molecule has 0 aromatic carbocycles. The summed E-state index contributed by atoms with van der Waals surface area (Å²) in [5, 5.41) is 0.511. The number of nitrogens with two attached hydrogens (primary N) is 1. The molecular formula is C8H16ClNO. The molecule has 0 heterocycles. The van der Waals surface area contributed by atoms with E-state index in [2.05, 4.69) is 6.58 Å². The molecule has 0 aliphatic heterocycles. The molecular weight excluding hydrogens is 162 g/mol. The molecule has 0 aliphatic carbocycles. The van der Waals surface area contributed by atoms with Crippen LogP contribution in [0.15, 0.2) is 11.6 Å². The van der Waals surface area contributed by atoms with Crippen LogP contribution in [0.2, 0.25) is 0 Å². The second-order valence-corrected chi connectivity index (χ2v) is 3.55. The van der Waals surface area contributed by atoms with Crippen LogP contribution in [-0.4, -0.2) is 18.8 Å². The van der Waals surface area contributed by atoms with E-state index in [1.807, 2.05) is 13.8 Å². The van der Waals surface area contributed by atoms with Crippen LogP contribution >= 0.6 is 11.6 Å². The first-order valence-electron chi connectivity index (χ1n) is 3.68. The summed E-state index contributed by atoms with van der Waals surface area (Å²) in [6.07, 6.45) is 0.891. The molecule has 3 heteroatoms. The molecule has 0 spiro atoms. The highest BCUT2D eigenvalue weighted by molar-refractivity contribution is 6.29. The zero-order valence-corrected chi connectivity index (χ0v) is 7.95. The van der Waals surface area contributed by atoms with Gasteiger partial charge in [-0.2, -0.15) is 0 Å². The van der Waals surface area contributed by atoms with E-state index >= 15 is 0 Å². The molecule has 0 fully saturated rings. The quantitative estimate of drug-likeness (QED) is 0.696. The summed E-state index contributed by atoms with van der Waals surface area (Å²) in [6.45, 7) is 8.38. The Morgan fingerprint density at radius 1 is 1.73 bits per heavy atom. The van der Waals surface area contributed by atoms with Crippen molar-refractivity contribution in [1.29, 1.82) is 0 Å². The van der Waals surface area contributed by atoms with Crippen LogP contribution < -0.4 is 5.73 Å². The van der Waals surface area contributed by atoms with E-state index in [9.17, 15) is 0 Å². The highest BCUT2D eigenvalue weighted by Crippen LogP contribution is 2.06. The summed E-state index contributed by atoms with van der Waals surface area (Å²) in [5.74, 6) is 0. The SMILES string of the molecule is C=C(Cl)COCC(C)(N)CC. The molecule has 2 nitrogen and oxygen atoms in total. The lowest BCUT2D eigenvalue weighted by Crippen LogP contribution is -2.40. The van der Waals surface area contributed by atoms with Crippen molar-refractivity contribution in [3.63, 3.8) is 0 Å². The molecule has 0 aliphatic rings. The average molecular weight is 178 g/mol. The zero-order chi connectivity index (χ0) is 8.91. The summed E-state index contributed by atoms with van der Waals surface area (Å²) >= 11 is 5.49. The molecule has 66 valence electrons. The van der Waals surface area contributed by atoms with Crippen molar-refractivity contribution in [2.45, 2.75) is 25.8 Å². The lowest BCUT2D eigenvalue weighted by Gasteiger charge is -2.21. The van der Waals surface area contributed by atoms with Gasteiger partial charge in [0.25, 0.3) is 0 Å². The minimum absolute atomic E-state index is 0.244. The first-order chi connectivity index (χ1) is 4.98. The van der Waals surface area contributed by atoms with E-state index in [1.165, 1.54) is 0 Å². The van der Waals surface area contributed by atoms with Crippen molar-refractivity contribution in [3.8, 4) is 0 Å². The van der Waals surface area contributed by atoms with Crippen LogP contribution in [0.25, 0.3) is 0 Å². The number of rotatable bonds is 5.